The number of unbranched alkanes of at least 4 members (excludes halogenated alkanes) is 3. The fourth-order valence-electron chi connectivity index (χ4n) is 4.33. The first kappa shape index (κ1) is 21.6. The van der Waals surface area contributed by atoms with Gasteiger partial charge in [0.1, 0.15) is 0 Å². The number of Topliss-reactive ketones (excluding diaryl/α,β-unsaturated/α-hetero) is 1. The van der Waals surface area contributed by atoms with E-state index in [2.05, 4.69) is 34.6 Å². The molecule has 0 aromatic rings. The predicted molar refractivity (Wildman–Crippen MR) is 106 cm³/mol. The van der Waals surface area contributed by atoms with Gasteiger partial charge in [-0.3, -0.25) is 4.79 Å². The van der Waals surface area contributed by atoms with Gasteiger partial charge in [0.2, 0.25) is 0 Å². The molecule has 150 valence electrons. The van der Waals surface area contributed by atoms with E-state index in [0.29, 0.717) is 24.3 Å². The summed E-state index contributed by atoms with van der Waals surface area (Å²) in [7, 11) is -3.22. The first-order valence-corrected chi connectivity index (χ1v) is 12.0. The quantitative estimate of drug-likeness (QED) is 0.579. The second kappa shape index (κ2) is 8.55. The third kappa shape index (κ3) is 5.66. The molecular formula is C21H36O4S. The minimum atomic E-state index is -3.22. The number of carbonyl (C=O) groups is 1. The van der Waals surface area contributed by atoms with Crippen molar-refractivity contribution in [1.82, 2.24) is 0 Å². The van der Waals surface area contributed by atoms with Crippen molar-refractivity contribution in [2.75, 3.05) is 11.5 Å². The molecule has 2 unspecified atom stereocenters. The van der Waals surface area contributed by atoms with Gasteiger partial charge in [0.25, 0.3) is 0 Å². The van der Waals surface area contributed by atoms with Crippen LogP contribution in [0.15, 0.2) is 11.1 Å². The van der Waals surface area contributed by atoms with Gasteiger partial charge in [-0.2, -0.15) is 0 Å². The SMILES string of the molecule is CCCCCCS(=O)(=O)CC1=C2CC(C)[C@@H](OC(C)(C)C)C2CCC1=O. The number of hydrogen-bond acceptors (Lipinski definition) is 4. The Morgan fingerprint density at radius 3 is 2.46 bits per heavy atom. The molecule has 0 N–H and O–H groups in total. The summed E-state index contributed by atoms with van der Waals surface area (Å²) in [6.07, 6.45) is 5.90. The molecule has 1 fully saturated rings. The molecule has 5 heteroatoms. The summed E-state index contributed by atoms with van der Waals surface area (Å²) in [5.41, 5.74) is 1.42. The van der Waals surface area contributed by atoms with Crippen molar-refractivity contribution < 1.29 is 17.9 Å². The number of carbonyl (C=O) groups excluding carboxylic acids is 1. The maximum absolute atomic E-state index is 12.6. The van der Waals surface area contributed by atoms with Crippen LogP contribution in [-0.4, -0.2) is 37.4 Å². The zero-order valence-electron chi connectivity index (χ0n) is 17.1. The van der Waals surface area contributed by atoms with Crippen molar-refractivity contribution in [2.24, 2.45) is 11.8 Å². The van der Waals surface area contributed by atoms with Crippen LogP contribution in [0.25, 0.3) is 0 Å². The van der Waals surface area contributed by atoms with Crippen LogP contribution in [0.4, 0.5) is 0 Å². The zero-order valence-corrected chi connectivity index (χ0v) is 18.0. The molecule has 4 nitrogen and oxygen atoms in total. The summed E-state index contributed by atoms with van der Waals surface area (Å²) in [6, 6.07) is 0. The number of sulfone groups is 1. The molecule has 0 aromatic heterocycles. The number of ether oxygens (including phenoxy) is 1. The fourth-order valence-corrected chi connectivity index (χ4v) is 5.91. The van der Waals surface area contributed by atoms with Crippen LogP contribution in [0.2, 0.25) is 0 Å². The normalized spacial score (nSPS) is 27.1. The molecule has 0 spiro atoms. The Kier molecular flexibility index (Phi) is 7.11. The van der Waals surface area contributed by atoms with Gasteiger partial charge in [-0.15, -0.1) is 0 Å². The molecule has 0 bridgehead atoms. The zero-order chi connectivity index (χ0) is 19.5. The molecule has 2 aliphatic carbocycles. The summed E-state index contributed by atoms with van der Waals surface area (Å²) in [6.45, 7) is 10.4. The Morgan fingerprint density at radius 1 is 1.15 bits per heavy atom. The molecule has 26 heavy (non-hydrogen) atoms. The summed E-state index contributed by atoms with van der Waals surface area (Å²) in [5, 5.41) is 0. The van der Waals surface area contributed by atoms with Crippen molar-refractivity contribution in [2.45, 2.75) is 91.3 Å². The van der Waals surface area contributed by atoms with E-state index < -0.39 is 9.84 Å². The summed E-state index contributed by atoms with van der Waals surface area (Å²) in [4.78, 5) is 12.5. The summed E-state index contributed by atoms with van der Waals surface area (Å²) in [5.74, 6) is 0.685. The van der Waals surface area contributed by atoms with Crippen molar-refractivity contribution in [3.8, 4) is 0 Å². The van der Waals surface area contributed by atoms with Gasteiger partial charge >= 0.3 is 0 Å². The van der Waals surface area contributed by atoms with Gasteiger partial charge in [0, 0.05) is 17.9 Å². The molecule has 0 aliphatic heterocycles. The standard InChI is InChI=1S/C21H36O4S/c1-6-7-8-9-12-26(23,24)14-18-17-13-15(2)20(25-21(3,4)5)16(17)10-11-19(18)22/h15-16,20H,6-14H2,1-5H3/t15?,16?,20-/m1/s1. The Balaban J connectivity index is 2.17. The van der Waals surface area contributed by atoms with Crippen LogP contribution in [0.1, 0.15) is 79.6 Å². The lowest BCUT2D eigenvalue weighted by molar-refractivity contribution is -0.117. The monoisotopic (exact) mass is 384 g/mol. The Hall–Kier alpha value is -0.680. The molecule has 0 saturated heterocycles. The smallest absolute Gasteiger partial charge is 0.159 e. The lowest BCUT2D eigenvalue weighted by Gasteiger charge is -2.33. The Labute approximate surface area is 159 Å². The average Bonchev–Trinajstić information content (AvgIpc) is 2.82. The molecule has 2 rings (SSSR count). The molecular weight excluding hydrogens is 348 g/mol. The van der Waals surface area contributed by atoms with Crippen LogP contribution in [0.5, 0.6) is 0 Å². The first-order valence-electron chi connectivity index (χ1n) is 10.2. The van der Waals surface area contributed by atoms with E-state index in [0.717, 1.165) is 37.7 Å². The van der Waals surface area contributed by atoms with E-state index in [1.165, 1.54) is 0 Å². The number of rotatable bonds is 8. The van der Waals surface area contributed by atoms with Gasteiger partial charge in [-0.05, 0) is 46.0 Å². The predicted octanol–water partition coefficient (Wildman–Crippen LogP) is 4.48. The van der Waals surface area contributed by atoms with Gasteiger partial charge in [-0.25, -0.2) is 8.42 Å². The van der Waals surface area contributed by atoms with E-state index in [-0.39, 0.29) is 34.9 Å². The first-order chi connectivity index (χ1) is 12.0. The molecule has 0 heterocycles. The highest BCUT2D eigenvalue weighted by Crippen LogP contribution is 2.46. The maximum atomic E-state index is 12.6. The summed E-state index contributed by atoms with van der Waals surface area (Å²) >= 11 is 0. The highest BCUT2D eigenvalue weighted by Gasteiger charge is 2.44. The second-order valence-corrected chi connectivity index (χ2v) is 11.3. The lowest BCUT2D eigenvalue weighted by atomic mass is 9.83. The van der Waals surface area contributed by atoms with Crippen molar-refractivity contribution >= 4 is 15.6 Å². The third-order valence-electron chi connectivity index (χ3n) is 5.52. The van der Waals surface area contributed by atoms with Crippen LogP contribution in [-0.2, 0) is 19.4 Å². The highest BCUT2D eigenvalue weighted by atomic mass is 32.2. The van der Waals surface area contributed by atoms with Crippen LogP contribution >= 0.6 is 0 Å². The Morgan fingerprint density at radius 2 is 1.85 bits per heavy atom. The molecule has 1 saturated carbocycles. The minimum absolute atomic E-state index is 0.0389. The van der Waals surface area contributed by atoms with Crippen LogP contribution < -0.4 is 0 Å². The van der Waals surface area contributed by atoms with Crippen molar-refractivity contribution in [3.05, 3.63) is 11.1 Å². The van der Waals surface area contributed by atoms with E-state index in [1.807, 2.05) is 0 Å². The molecule has 0 aromatic carbocycles. The van der Waals surface area contributed by atoms with Crippen molar-refractivity contribution in [1.29, 1.82) is 0 Å². The largest absolute Gasteiger partial charge is 0.372 e. The van der Waals surface area contributed by atoms with Crippen molar-refractivity contribution in [3.63, 3.8) is 0 Å². The van der Waals surface area contributed by atoms with E-state index in [1.54, 1.807) is 0 Å². The Bertz CT molecular complexity index is 639. The molecule has 3 atom stereocenters. The summed E-state index contributed by atoms with van der Waals surface area (Å²) < 4.78 is 31.4. The maximum Gasteiger partial charge on any atom is 0.159 e. The van der Waals surface area contributed by atoms with E-state index >= 15 is 0 Å². The number of fused-ring (bicyclic) bond motifs is 1. The van der Waals surface area contributed by atoms with E-state index in [4.69, 9.17) is 4.74 Å². The average molecular weight is 385 g/mol. The third-order valence-corrected chi connectivity index (χ3v) is 7.16. The fraction of sp³-hybridized carbons (Fsp3) is 0.857. The molecule has 0 radical (unpaired) electrons. The highest BCUT2D eigenvalue weighted by molar-refractivity contribution is 7.91. The minimum Gasteiger partial charge on any atom is -0.372 e. The van der Waals surface area contributed by atoms with Crippen LogP contribution in [0.3, 0.4) is 0 Å². The van der Waals surface area contributed by atoms with Gasteiger partial charge in [0.05, 0.1) is 23.2 Å². The second-order valence-electron chi connectivity index (χ2n) is 9.10. The van der Waals surface area contributed by atoms with Gasteiger partial charge < -0.3 is 4.74 Å². The number of hydrogen-bond donors (Lipinski definition) is 0. The van der Waals surface area contributed by atoms with Gasteiger partial charge in [0.15, 0.2) is 15.6 Å². The topological polar surface area (TPSA) is 60.4 Å². The number of ketones is 1. The molecule has 0 amide bonds. The van der Waals surface area contributed by atoms with Gasteiger partial charge in [-0.1, -0.05) is 38.7 Å². The molecule has 2 aliphatic rings. The van der Waals surface area contributed by atoms with E-state index in [9.17, 15) is 13.2 Å². The lowest BCUT2D eigenvalue weighted by Crippen LogP contribution is -2.35. The van der Waals surface area contributed by atoms with Crippen LogP contribution in [0, 0.1) is 11.8 Å².